The lowest BCUT2D eigenvalue weighted by molar-refractivity contribution is -0.154. The number of nitrogens with two attached hydrogens (primary N) is 1. The fraction of sp³-hybridized carbons (Fsp3) is 0.467. The van der Waals surface area contributed by atoms with Gasteiger partial charge in [-0.1, -0.05) is 37.3 Å². The van der Waals surface area contributed by atoms with Crippen LogP contribution in [0.25, 0.3) is 0 Å². The average Bonchev–Trinajstić information content (AvgIpc) is 2.46. The third-order valence-corrected chi connectivity index (χ3v) is 3.10. The van der Waals surface area contributed by atoms with Crippen molar-refractivity contribution in [2.45, 2.75) is 38.9 Å². The molecule has 0 bridgehead atoms. The van der Waals surface area contributed by atoms with Crippen LogP contribution in [0.3, 0.4) is 0 Å². The highest BCUT2D eigenvalue weighted by Crippen LogP contribution is 2.13. The number of methoxy groups -OCH3 is 1. The van der Waals surface area contributed by atoms with Gasteiger partial charge in [-0.2, -0.15) is 0 Å². The third kappa shape index (κ3) is 4.06. The summed E-state index contributed by atoms with van der Waals surface area (Å²) in [7, 11) is 1.32. The Morgan fingerprint density at radius 1 is 1.30 bits per heavy atom. The van der Waals surface area contributed by atoms with E-state index in [1.807, 2.05) is 37.3 Å². The van der Waals surface area contributed by atoms with E-state index >= 15 is 0 Å². The zero-order chi connectivity index (χ0) is 15.1. The Bertz CT molecular complexity index is 446. The molecule has 2 atom stereocenters. The third-order valence-electron chi connectivity index (χ3n) is 3.10. The van der Waals surface area contributed by atoms with Crippen molar-refractivity contribution in [2.75, 3.05) is 7.11 Å². The SMILES string of the molecule is CC[C@H](C(=O)OC)N(Cc1ccccc1)C(=O)[C@H](C)N. The van der Waals surface area contributed by atoms with E-state index in [-0.39, 0.29) is 5.91 Å². The van der Waals surface area contributed by atoms with E-state index in [9.17, 15) is 9.59 Å². The first-order valence-electron chi connectivity index (χ1n) is 6.69. The topological polar surface area (TPSA) is 72.6 Å². The molecule has 2 N–H and O–H groups in total. The minimum absolute atomic E-state index is 0.258. The van der Waals surface area contributed by atoms with E-state index in [0.717, 1.165) is 5.56 Å². The lowest BCUT2D eigenvalue weighted by Gasteiger charge is -2.30. The number of carbonyl (C=O) groups is 2. The Balaban J connectivity index is 3.01. The molecule has 1 rings (SSSR count). The molecular weight excluding hydrogens is 256 g/mol. The number of esters is 1. The maximum atomic E-state index is 12.3. The zero-order valence-electron chi connectivity index (χ0n) is 12.2. The van der Waals surface area contributed by atoms with Gasteiger partial charge in [-0.15, -0.1) is 0 Å². The number of hydrogen-bond acceptors (Lipinski definition) is 4. The predicted octanol–water partition coefficient (Wildman–Crippen LogP) is 1.31. The minimum atomic E-state index is -0.655. The highest BCUT2D eigenvalue weighted by molar-refractivity contribution is 5.87. The summed E-state index contributed by atoms with van der Waals surface area (Å²) >= 11 is 0. The van der Waals surface area contributed by atoms with Gasteiger partial charge in [0, 0.05) is 6.54 Å². The van der Waals surface area contributed by atoms with E-state index in [1.165, 1.54) is 12.0 Å². The number of amides is 1. The number of nitrogens with zero attached hydrogens (tertiary/aromatic N) is 1. The molecule has 0 spiro atoms. The van der Waals surface area contributed by atoms with Crippen LogP contribution < -0.4 is 5.73 Å². The van der Waals surface area contributed by atoms with Crippen LogP contribution in [0.2, 0.25) is 0 Å². The van der Waals surface area contributed by atoms with Gasteiger partial charge in [0.25, 0.3) is 0 Å². The van der Waals surface area contributed by atoms with Gasteiger partial charge in [-0.3, -0.25) is 4.79 Å². The number of hydrogen-bond donors (Lipinski definition) is 1. The number of ether oxygens (including phenoxy) is 1. The summed E-state index contributed by atoms with van der Waals surface area (Å²) in [5.74, 6) is -0.677. The van der Waals surface area contributed by atoms with Crippen molar-refractivity contribution in [3.05, 3.63) is 35.9 Å². The van der Waals surface area contributed by atoms with Gasteiger partial charge in [0.1, 0.15) is 6.04 Å². The Morgan fingerprint density at radius 2 is 1.90 bits per heavy atom. The number of carbonyl (C=O) groups excluding carboxylic acids is 2. The van der Waals surface area contributed by atoms with Crippen LogP contribution in [-0.2, 0) is 20.9 Å². The summed E-state index contributed by atoms with van der Waals surface area (Å²) in [6, 6.07) is 8.23. The van der Waals surface area contributed by atoms with Crippen molar-refractivity contribution in [1.29, 1.82) is 0 Å². The summed E-state index contributed by atoms with van der Waals surface area (Å²) < 4.78 is 4.78. The second-order valence-corrected chi connectivity index (χ2v) is 4.69. The Morgan fingerprint density at radius 3 is 2.35 bits per heavy atom. The normalized spacial score (nSPS) is 13.4. The summed E-state index contributed by atoms with van der Waals surface area (Å²) in [5, 5.41) is 0. The van der Waals surface area contributed by atoms with E-state index in [0.29, 0.717) is 13.0 Å². The van der Waals surface area contributed by atoms with Crippen LogP contribution in [0.4, 0.5) is 0 Å². The Kier molecular flexibility index (Phi) is 6.18. The maximum absolute atomic E-state index is 12.3. The van der Waals surface area contributed by atoms with Crippen molar-refractivity contribution in [3.63, 3.8) is 0 Å². The first-order valence-corrected chi connectivity index (χ1v) is 6.69. The van der Waals surface area contributed by atoms with Gasteiger partial charge >= 0.3 is 5.97 Å². The van der Waals surface area contributed by atoms with Crippen LogP contribution >= 0.6 is 0 Å². The Hall–Kier alpha value is -1.88. The first-order chi connectivity index (χ1) is 9.51. The van der Waals surface area contributed by atoms with E-state index in [1.54, 1.807) is 6.92 Å². The quantitative estimate of drug-likeness (QED) is 0.796. The number of benzene rings is 1. The van der Waals surface area contributed by atoms with Gasteiger partial charge in [0.15, 0.2) is 0 Å². The van der Waals surface area contributed by atoms with Crippen molar-refractivity contribution < 1.29 is 14.3 Å². The molecule has 110 valence electrons. The second kappa shape index (κ2) is 7.65. The molecule has 0 unspecified atom stereocenters. The van der Waals surface area contributed by atoms with E-state index < -0.39 is 18.1 Å². The summed E-state index contributed by atoms with van der Waals surface area (Å²) in [4.78, 5) is 25.6. The monoisotopic (exact) mass is 278 g/mol. The van der Waals surface area contributed by atoms with Crippen LogP contribution in [0.1, 0.15) is 25.8 Å². The first kappa shape index (κ1) is 16.2. The predicted molar refractivity (Wildman–Crippen MR) is 76.7 cm³/mol. The number of rotatable bonds is 6. The largest absolute Gasteiger partial charge is 0.467 e. The van der Waals surface area contributed by atoms with Crippen LogP contribution in [-0.4, -0.2) is 36.0 Å². The maximum Gasteiger partial charge on any atom is 0.328 e. The Labute approximate surface area is 119 Å². The molecule has 0 aliphatic rings. The fourth-order valence-electron chi connectivity index (χ4n) is 2.03. The smallest absolute Gasteiger partial charge is 0.328 e. The molecule has 0 saturated carbocycles. The molecule has 1 aromatic carbocycles. The van der Waals surface area contributed by atoms with Crippen LogP contribution in [0.5, 0.6) is 0 Å². The van der Waals surface area contributed by atoms with Crippen molar-refractivity contribution >= 4 is 11.9 Å². The molecule has 5 heteroatoms. The second-order valence-electron chi connectivity index (χ2n) is 4.69. The van der Waals surface area contributed by atoms with Crippen LogP contribution in [0.15, 0.2) is 30.3 Å². The molecule has 0 heterocycles. The van der Waals surface area contributed by atoms with Gasteiger partial charge in [-0.05, 0) is 18.9 Å². The molecule has 20 heavy (non-hydrogen) atoms. The molecule has 5 nitrogen and oxygen atoms in total. The molecule has 0 fully saturated rings. The lowest BCUT2D eigenvalue weighted by Crippen LogP contribution is -2.50. The molecule has 0 aliphatic carbocycles. The summed E-state index contributed by atoms with van der Waals surface area (Å²) in [6.07, 6.45) is 0.484. The van der Waals surface area contributed by atoms with Gasteiger partial charge in [0.05, 0.1) is 13.2 Å². The zero-order valence-corrected chi connectivity index (χ0v) is 12.2. The fourth-order valence-corrected chi connectivity index (χ4v) is 2.03. The van der Waals surface area contributed by atoms with Crippen molar-refractivity contribution in [3.8, 4) is 0 Å². The van der Waals surface area contributed by atoms with Gasteiger partial charge < -0.3 is 15.4 Å². The van der Waals surface area contributed by atoms with E-state index in [2.05, 4.69) is 0 Å². The summed E-state index contributed by atoms with van der Waals surface area (Å²) in [5.41, 5.74) is 6.63. The highest BCUT2D eigenvalue weighted by Gasteiger charge is 2.30. The highest BCUT2D eigenvalue weighted by atomic mass is 16.5. The average molecular weight is 278 g/mol. The van der Waals surface area contributed by atoms with E-state index in [4.69, 9.17) is 10.5 Å². The molecule has 0 aromatic heterocycles. The molecule has 0 aliphatic heterocycles. The minimum Gasteiger partial charge on any atom is -0.467 e. The molecule has 0 saturated heterocycles. The van der Waals surface area contributed by atoms with Crippen LogP contribution in [0, 0.1) is 0 Å². The molecule has 0 radical (unpaired) electrons. The van der Waals surface area contributed by atoms with Crippen molar-refractivity contribution in [1.82, 2.24) is 4.90 Å². The molecular formula is C15H22N2O3. The lowest BCUT2D eigenvalue weighted by atomic mass is 10.1. The molecule has 1 aromatic rings. The molecule has 1 amide bonds. The standard InChI is InChI=1S/C15H22N2O3/c1-4-13(15(19)20-3)17(14(18)11(2)16)10-12-8-6-5-7-9-12/h5-9,11,13H,4,10,16H2,1-3H3/t11-,13+/m0/s1. The van der Waals surface area contributed by atoms with Gasteiger partial charge in [-0.25, -0.2) is 4.79 Å². The summed E-state index contributed by atoms with van der Waals surface area (Å²) in [6.45, 7) is 3.80. The van der Waals surface area contributed by atoms with Crippen molar-refractivity contribution in [2.24, 2.45) is 5.73 Å². The van der Waals surface area contributed by atoms with Gasteiger partial charge in [0.2, 0.25) is 5.91 Å².